The number of hydrogen-bond donors (Lipinski definition) is 2. The van der Waals surface area contributed by atoms with E-state index in [0.717, 1.165) is 51.5 Å². The fourth-order valence-corrected chi connectivity index (χ4v) is 2.69. The number of nitrogens with one attached hydrogen (secondary N) is 2. The molecule has 0 saturated carbocycles. The number of halogens is 1. The molecule has 0 aliphatic carbocycles. The van der Waals surface area contributed by atoms with Gasteiger partial charge in [-0.15, -0.1) is 24.0 Å². The number of carbonyl (C=O) groups excluding carboxylic acids is 1. The van der Waals surface area contributed by atoms with Crippen LogP contribution in [0.5, 0.6) is 0 Å². The van der Waals surface area contributed by atoms with Gasteiger partial charge in [-0.1, -0.05) is 13.8 Å². The molecule has 0 aromatic carbocycles. The van der Waals surface area contributed by atoms with Crippen LogP contribution < -0.4 is 10.6 Å². The van der Waals surface area contributed by atoms with E-state index in [2.05, 4.69) is 48.3 Å². The topological polar surface area (TPSA) is 60.0 Å². The molecule has 7 heteroatoms. The van der Waals surface area contributed by atoms with Gasteiger partial charge in [0.15, 0.2) is 5.96 Å². The van der Waals surface area contributed by atoms with Crippen molar-refractivity contribution in [3.8, 4) is 0 Å². The maximum Gasteiger partial charge on any atom is 0.222 e. The first-order valence-corrected chi connectivity index (χ1v) is 9.04. The smallest absolute Gasteiger partial charge is 0.222 e. The fraction of sp³-hybridized carbons (Fsp3) is 0.882. The van der Waals surface area contributed by atoms with E-state index in [0.29, 0.717) is 18.5 Å². The van der Waals surface area contributed by atoms with Crippen LogP contribution in [0.2, 0.25) is 0 Å². The zero-order chi connectivity index (χ0) is 17.2. The first kappa shape index (κ1) is 23.4. The molecule has 0 aromatic heterocycles. The SMILES string of the molecule is CCNC(=NCCN(C)C(C)CC)NC1CCN(C(=O)CC)C1.I. The third-order valence-electron chi connectivity index (χ3n) is 4.59. The second-order valence-electron chi connectivity index (χ2n) is 6.32. The Morgan fingerprint density at radius 1 is 1.38 bits per heavy atom. The van der Waals surface area contributed by atoms with Gasteiger partial charge < -0.3 is 20.4 Å². The first-order valence-electron chi connectivity index (χ1n) is 9.04. The second-order valence-corrected chi connectivity index (χ2v) is 6.32. The zero-order valence-electron chi connectivity index (χ0n) is 16.0. The van der Waals surface area contributed by atoms with E-state index in [1.165, 1.54) is 0 Å². The van der Waals surface area contributed by atoms with E-state index in [-0.39, 0.29) is 29.9 Å². The zero-order valence-corrected chi connectivity index (χ0v) is 18.3. The van der Waals surface area contributed by atoms with Crippen LogP contribution in [0.3, 0.4) is 0 Å². The monoisotopic (exact) mass is 453 g/mol. The summed E-state index contributed by atoms with van der Waals surface area (Å²) in [4.78, 5) is 20.7. The Morgan fingerprint density at radius 2 is 2.08 bits per heavy atom. The molecule has 0 aromatic rings. The number of aliphatic imine (C=N–C) groups is 1. The number of rotatable bonds is 8. The molecule has 2 atom stereocenters. The van der Waals surface area contributed by atoms with Gasteiger partial charge in [0.25, 0.3) is 0 Å². The summed E-state index contributed by atoms with van der Waals surface area (Å²) in [6.07, 6.45) is 2.73. The van der Waals surface area contributed by atoms with Gasteiger partial charge in [-0.05, 0) is 33.7 Å². The van der Waals surface area contributed by atoms with E-state index in [1.54, 1.807) is 0 Å². The third-order valence-corrected chi connectivity index (χ3v) is 4.59. The summed E-state index contributed by atoms with van der Waals surface area (Å²) in [5.41, 5.74) is 0. The minimum absolute atomic E-state index is 0. The van der Waals surface area contributed by atoms with Gasteiger partial charge in [0.2, 0.25) is 5.91 Å². The number of likely N-dealkylation sites (N-methyl/N-ethyl adjacent to an activating group) is 1. The van der Waals surface area contributed by atoms with Crippen molar-refractivity contribution in [3.63, 3.8) is 0 Å². The highest BCUT2D eigenvalue weighted by molar-refractivity contribution is 14.0. The van der Waals surface area contributed by atoms with Crippen LogP contribution in [-0.2, 0) is 4.79 Å². The van der Waals surface area contributed by atoms with Crippen molar-refractivity contribution in [1.29, 1.82) is 0 Å². The molecule has 0 spiro atoms. The predicted molar refractivity (Wildman–Crippen MR) is 112 cm³/mol. The Balaban J connectivity index is 0.00000529. The molecule has 0 bridgehead atoms. The van der Waals surface area contributed by atoms with E-state index in [4.69, 9.17) is 0 Å². The summed E-state index contributed by atoms with van der Waals surface area (Å²) in [5.74, 6) is 1.10. The standard InChI is InChI=1S/C17H35N5O.HI/c1-6-14(4)21(5)12-10-19-17(18-8-3)20-15-9-11-22(13-15)16(23)7-2;/h14-15H,6-13H2,1-5H3,(H2,18,19,20);1H. The van der Waals surface area contributed by atoms with Crippen molar-refractivity contribution in [2.24, 2.45) is 4.99 Å². The van der Waals surface area contributed by atoms with Gasteiger partial charge >= 0.3 is 0 Å². The molecule has 2 unspecified atom stereocenters. The van der Waals surface area contributed by atoms with E-state index >= 15 is 0 Å². The van der Waals surface area contributed by atoms with Crippen LogP contribution in [0.15, 0.2) is 4.99 Å². The Hall–Kier alpha value is -0.570. The Kier molecular flexibility index (Phi) is 12.4. The van der Waals surface area contributed by atoms with Gasteiger partial charge in [0.1, 0.15) is 0 Å². The molecule has 1 heterocycles. The van der Waals surface area contributed by atoms with Gasteiger partial charge in [-0.2, -0.15) is 0 Å². The summed E-state index contributed by atoms with van der Waals surface area (Å²) in [5, 5.41) is 6.77. The molecule has 1 amide bonds. The summed E-state index contributed by atoms with van der Waals surface area (Å²) >= 11 is 0. The summed E-state index contributed by atoms with van der Waals surface area (Å²) in [7, 11) is 2.15. The largest absolute Gasteiger partial charge is 0.357 e. The number of nitrogens with zero attached hydrogens (tertiary/aromatic N) is 3. The van der Waals surface area contributed by atoms with Crippen molar-refractivity contribution in [1.82, 2.24) is 20.4 Å². The lowest BCUT2D eigenvalue weighted by atomic mass is 10.2. The first-order chi connectivity index (χ1) is 11.0. The number of carbonyl (C=O) groups is 1. The van der Waals surface area contributed by atoms with Crippen molar-refractivity contribution >= 4 is 35.8 Å². The molecule has 6 nitrogen and oxygen atoms in total. The molecule has 1 saturated heterocycles. The minimum atomic E-state index is 0. The number of guanidine groups is 1. The molecular formula is C17H36IN5O. The number of hydrogen-bond acceptors (Lipinski definition) is 3. The maximum atomic E-state index is 11.8. The van der Waals surface area contributed by atoms with Gasteiger partial charge in [0, 0.05) is 44.7 Å². The molecule has 142 valence electrons. The number of amides is 1. The lowest BCUT2D eigenvalue weighted by molar-refractivity contribution is -0.129. The van der Waals surface area contributed by atoms with Crippen molar-refractivity contribution in [3.05, 3.63) is 0 Å². The third kappa shape index (κ3) is 8.00. The van der Waals surface area contributed by atoms with E-state index in [1.807, 2.05) is 11.8 Å². The molecular weight excluding hydrogens is 417 g/mol. The van der Waals surface area contributed by atoms with Crippen LogP contribution in [-0.4, -0.2) is 73.5 Å². The van der Waals surface area contributed by atoms with Crippen LogP contribution >= 0.6 is 24.0 Å². The Morgan fingerprint density at radius 3 is 2.67 bits per heavy atom. The fourth-order valence-electron chi connectivity index (χ4n) is 2.69. The highest BCUT2D eigenvalue weighted by atomic mass is 127. The van der Waals surface area contributed by atoms with Gasteiger partial charge in [-0.3, -0.25) is 9.79 Å². The van der Waals surface area contributed by atoms with Crippen LogP contribution in [0.4, 0.5) is 0 Å². The van der Waals surface area contributed by atoms with Gasteiger partial charge in [0.05, 0.1) is 6.54 Å². The average Bonchev–Trinajstić information content (AvgIpc) is 3.01. The molecule has 1 aliphatic heterocycles. The normalized spacial score (nSPS) is 19.2. The molecule has 1 aliphatic rings. The highest BCUT2D eigenvalue weighted by Crippen LogP contribution is 2.10. The molecule has 0 radical (unpaired) electrons. The van der Waals surface area contributed by atoms with E-state index in [9.17, 15) is 4.79 Å². The predicted octanol–water partition coefficient (Wildman–Crippen LogP) is 1.90. The summed E-state index contributed by atoms with van der Waals surface area (Å²) < 4.78 is 0. The van der Waals surface area contributed by atoms with Crippen molar-refractivity contribution in [2.45, 2.75) is 59.0 Å². The van der Waals surface area contributed by atoms with E-state index < -0.39 is 0 Å². The maximum absolute atomic E-state index is 11.8. The van der Waals surface area contributed by atoms with Crippen LogP contribution in [0, 0.1) is 0 Å². The Bertz CT molecular complexity index is 391. The summed E-state index contributed by atoms with van der Waals surface area (Å²) in [6.45, 7) is 12.6. The molecule has 24 heavy (non-hydrogen) atoms. The van der Waals surface area contributed by atoms with Crippen molar-refractivity contribution < 1.29 is 4.79 Å². The number of likely N-dealkylation sites (tertiary alicyclic amines) is 1. The van der Waals surface area contributed by atoms with Crippen molar-refractivity contribution in [2.75, 3.05) is 39.8 Å². The quantitative estimate of drug-likeness (QED) is 0.335. The lowest BCUT2D eigenvalue weighted by Gasteiger charge is -2.23. The molecule has 2 N–H and O–H groups in total. The molecule has 1 rings (SSSR count). The highest BCUT2D eigenvalue weighted by Gasteiger charge is 2.25. The Labute approximate surface area is 164 Å². The average molecular weight is 453 g/mol. The van der Waals surface area contributed by atoms with Crippen LogP contribution in [0.25, 0.3) is 0 Å². The van der Waals surface area contributed by atoms with Crippen LogP contribution in [0.1, 0.15) is 47.0 Å². The minimum Gasteiger partial charge on any atom is -0.357 e. The second kappa shape index (κ2) is 12.7. The lowest BCUT2D eigenvalue weighted by Crippen LogP contribution is -2.45. The summed E-state index contributed by atoms with van der Waals surface area (Å²) in [6, 6.07) is 0.889. The molecule has 1 fully saturated rings. The van der Waals surface area contributed by atoms with Gasteiger partial charge in [-0.25, -0.2) is 0 Å².